The molecular weight excluding hydrogens is 198 g/mol. The first-order chi connectivity index (χ1) is 6.63. The number of aryl methyl sites for hydroxylation is 1. The van der Waals surface area contributed by atoms with Gasteiger partial charge in [-0.1, -0.05) is 24.3 Å². The Labute approximate surface area is 88.6 Å². The zero-order valence-corrected chi connectivity index (χ0v) is 9.01. The second kappa shape index (κ2) is 4.82. The van der Waals surface area contributed by atoms with Crippen molar-refractivity contribution in [3.63, 3.8) is 0 Å². The average Bonchev–Trinajstić information content (AvgIpc) is 2.53. The third-order valence-corrected chi connectivity index (χ3v) is 1.70. The molecule has 0 amide bonds. The number of oxazole rings is 1. The van der Waals surface area contributed by atoms with Gasteiger partial charge in [-0.2, -0.15) is 0 Å². The van der Waals surface area contributed by atoms with E-state index < -0.39 is 0 Å². The van der Waals surface area contributed by atoms with Gasteiger partial charge in [0.25, 0.3) is 0 Å². The fraction of sp³-hybridized carbons (Fsp3) is 0.182. The number of hydrogen-bond acceptors (Lipinski definition) is 2. The van der Waals surface area contributed by atoms with Crippen LogP contribution >= 0.6 is 11.6 Å². The Balaban J connectivity index is 2.98. The zero-order valence-electron chi connectivity index (χ0n) is 8.25. The standard InChI is InChI=1S/C11H12ClNO/c1-4-10(6-5-8(2)12)11-13-9(3)7-14-11/h4-7H,1H2,2-3H3/b8-5+,10-6+. The topological polar surface area (TPSA) is 26.0 Å². The van der Waals surface area contributed by atoms with E-state index in [9.17, 15) is 0 Å². The highest BCUT2D eigenvalue weighted by molar-refractivity contribution is 6.29. The van der Waals surface area contributed by atoms with E-state index in [2.05, 4.69) is 11.6 Å². The lowest BCUT2D eigenvalue weighted by Gasteiger charge is -1.92. The van der Waals surface area contributed by atoms with Gasteiger partial charge in [-0.15, -0.1) is 0 Å². The fourth-order valence-electron chi connectivity index (χ4n) is 0.918. The van der Waals surface area contributed by atoms with Crippen LogP contribution in [0.3, 0.4) is 0 Å². The molecule has 0 aliphatic heterocycles. The second-order valence-corrected chi connectivity index (χ2v) is 3.47. The zero-order chi connectivity index (χ0) is 10.6. The number of aromatic nitrogens is 1. The van der Waals surface area contributed by atoms with Crippen molar-refractivity contribution in [1.29, 1.82) is 0 Å². The van der Waals surface area contributed by atoms with Gasteiger partial charge in [0, 0.05) is 10.6 Å². The van der Waals surface area contributed by atoms with Crippen molar-refractivity contribution in [2.75, 3.05) is 0 Å². The molecule has 0 atom stereocenters. The molecule has 74 valence electrons. The smallest absolute Gasteiger partial charge is 0.226 e. The van der Waals surface area contributed by atoms with Gasteiger partial charge in [-0.05, 0) is 26.0 Å². The van der Waals surface area contributed by atoms with Crippen molar-refractivity contribution >= 4 is 17.2 Å². The summed E-state index contributed by atoms with van der Waals surface area (Å²) in [6, 6.07) is 0. The Morgan fingerprint density at radius 3 is 2.71 bits per heavy atom. The van der Waals surface area contributed by atoms with Gasteiger partial charge in [-0.3, -0.25) is 0 Å². The average molecular weight is 210 g/mol. The largest absolute Gasteiger partial charge is 0.444 e. The summed E-state index contributed by atoms with van der Waals surface area (Å²) in [4.78, 5) is 4.18. The molecule has 0 unspecified atom stereocenters. The van der Waals surface area contributed by atoms with Crippen molar-refractivity contribution in [3.05, 3.63) is 47.7 Å². The van der Waals surface area contributed by atoms with Crippen LogP contribution in [0.4, 0.5) is 0 Å². The molecule has 0 spiro atoms. The minimum absolute atomic E-state index is 0.562. The Hall–Kier alpha value is -1.28. The Bertz CT molecular complexity index is 384. The summed E-state index contributed by atoms with van der Waals surface area (Å²) < 4.78 is 5.23. The van der Waals surface area contributed by atoms with Crippen LogP contribution in [0, 0.1) is 6.92 Å². The summed E-state index contributed by atoms with van der Waals surface area (Å²) in [6.07, 6.45) is 6.88. The molecule has 2 nitrogen and oxygen atoms in total. The lowest BCUT2D eigenvalue weighted by atomic mass is 10.2. The molecule has 0 aromatic carbocycles. The van der Waals surface area contributed by atoms with E-state index in [1.807, 2.05) is 13.0 Å². The maximum atomic E-state index is 5.70. The Morgan fingerprint density at radius 1 is 1.57 bits per heavy atom. The summed E-state index contributed by atoms with van der Waals surface area (Å²) in [5.74, 6) is 0.562. The molecule has 0 fully saturated rings. The van der Waals surface area contributed by atoms with E-state index in [4.69, 9.17) is 16.0 Å². The Kier molecular flexibility index (Phi) is 3.72. The molecule has 0 saturated carbocycles. The van der Waals surface area contributed by atoms with Crippen LogP contribution in [0.25, 0.3) is 5.57 Å². The van der Waals surface area contributed by atoms with Crippen LogP contribution in [-0.2, 0) is 0 Å². The van der Waals surface area contributed by atoms with E-state index in [1.54, 1.807) is 25.3 Å². The van der Waals surface area contributed by atoms with Gasteiger partial charge < -0.3 is 4.42 Å². The first-order valence-electron chi connectivity index (χ1n) is 4.22. The summed E-state index contributed by atoms with van der Waals surface area (Å²) in [5, 5.41) is 0.702. The van der Waals surface area contributed by atoms with Gasteiger partial charge in [0.1, 0.15) is 6.26 Å². The van der Waals surface area contributed by atoms with Gasteiger partial charge in [0.15, 0.2) is 0 Å². The molecule has 1 aromatic heterocycles. The Morgan fingerprint density at radius 2 is 2.29 bits per heavy atom. The maximum Gasteiger partial charge on any atom is 0.226 e. The maximum absolute atomic E-state index is 5.70. The lowest BCUT2D eigenvalue weighted by molar-refractivity contribution is 0.542. The van der Waals surface area contributed by atoms with Crippen LogP contribution in [0.1, 0.15) is 18.5 Å². The quantitative estimate of drug-likeness (QED) is 0.710. The monoisotopic (exact) mass is 209 g/mol. The van der Waals surface area contributed by atoms with Crippen molar-refractivity contribution in [1.82, 2.24) is 4.98 Å². The lowest BCUT2D eigenvalue weighted by Crippen LogP contribution is -1.80. The van der Waals surface area contributed by atoms with Gasteiger partial charge in [0.05, 0.1) is 5.69 Å². The van der Waals surface area contributed by atoms with Crippen molar-refractivity contribution in [2.24, 2.45) is 0 Å². The number of nitrogens with zero attached hydrogens (tertiary/aromatic N) is 1. The second-order valence-electron chi connectivity index (χ2n) is 2.87. The van der Waals surface area contributed by atoms with Crippen LogP contribution in [0.5, 0.6) is 0 Å². The van der Waals surface area contributed by atoms with Gasteiger partial charge in [0.2, 0.25) is 5.89 Å². The third-order valence-electron chi connectivity index (χ3n) is 1.58. The first-order valence-corrected chi connectivity index (χ1v) is 4.60. The highest BCUT2D eigenvalue weighted by Gasteiger charge is 2.02. The first kappa shape index (κ1) is 10.8. The predicted molar refractivity (Wildman–Crippen MR) is 59.0 cm³/mol. The molecule has 1 heterocycles. The van der Waals surface area contributed by atoms with E-state index in [-0.39, 0.29) is 0 Å². The van der Waals surface area contributed by atoms with Crippen LogP contribution in [0.2, 0.25) is 0 Å². The normalized spacial score (nSPS) is 13.1. The SMILES string of the molecule is C=C/C(=C\C=C(/C)Cl)c1nc(C)co1. The highest BCUT2D eigenvalue weighted by Crippen LogP contribution is 2.15. The fourth-order valence-corrected chi connectivity index (χ4v) is 0.981. The van der Waals surface area contributed by atoms with E-state index >= 15 is 0 Å². The number of rotatable bonds is 3. The molecule has 0 bridgehead atoms. The molecule has 1 aromatic rings. The molecule has 14 heavy (non-hydrogen) atoms. The molecule has 0 radical (unpaired) electrons. The number of halogens is 1. The highest BCUT2D eigenvalue weighted by atomic mass is 35.5. The number of allylic oxidation sites excluding steroid dienone is 5. The van der Waals surface area contributed by atoms with E-state index in [0.29, 0.717) is 10.9 Å². The molecule has 0 aliphatic carbocycles. The molecular formula is C11H12ClNO. The van der Waals surface area contributed by atoms with Crippen LogP contribution in [0.15, 0.2) is 40.5 Å². The van der Waals surface area contributed by atoms with Crippen LogP contribution < -0.4 is 0 Å². The van der Waals surface area contributed by atoms with E-state index in [0.717, 1.165) is 11.3 Å². The predicted octanol–water partition coefficient (Wildman–Crippen LogP) is 3.70. The van der Waals surface area contributed by atoms with Gasteiger partial charge in [-0.25, -0.2) is 4.98 Å². The molecule has 1 rings (SSSR count). The summed E-state index contributed by atoms with van der Waals surface area (Å²) in [5.41, 5.74) is 1.66. The number of hydrogen-bond donors (Lipinski definition) is 0. The summed E-state index contributed by atoms with van der Waals surface area (Å²) in [7, 11) is 0. The van der Waals surface area contributed by atoms with Crippen molar-refractivity contribution < 1.29 is 4.42 Å². The molecule has 0 N–H and O–H groups in total. The minimum atomic E-state index is 0.562. The molecule has 0 saturated heterocycles. The van der Waals surface area contributed by atoms with E-state index in [1.165, 1.54) is 0 Å². The summed E-state index contributed by atoms with van der Waals surface area (Å²) in [6.45, 7) is 7.36. The molecule has 3 heteroatoms. The minimum Gasteiger partial charge on any atom is -0.444 e. The van der Waals surface area contributed by atoms with Gasteiger partial charge >= 0.3 is 0 Å². The van der Waals surface area contributed by atoms with Crippen LogP contribution in [-0.4, -0.2) is 4.98 Å². The third kappa shape index (κ3) is 2.89. The van der Waals surface area contributed by atoms with Crippen molar-refractivity contribution in [3.8, 4) is 0 Å². The summed E-state index contributed by atoms with van der Waals surface area (Å²) >= 11 is 5.70. The molecule has 0 aliphatic rings. The van der Waals surface area contributed by atoms with Crippen molar-refractivity contribution in [2.45, 2.75) is 13.8 Å².